The summed E-state index contributed by atoms with van der Waals surface area (Å²) in [6.07, 6.45) is 7.37. The Bertz CT molecular complexity index is 1190. The Morgan fingerprint density at radius 1 is 1.21 bits per heavy atom. The topological polar surface area (TPSA) is 87.7 Å². The van der Waals surface area contributed by atoms with E-state index < -0.39 is 24.4 Å². The van der Waals surface area contributed by atoms with Crippen molar-refractivity contribution in [3.05, 3.63) is 88.1 Å². The molecule has 34 heavy (non-hydrogen) atoms. The van der Waals surface area contributed by atoms with Crippen LogP contribution in [-0.2, 0) is 14.3 Å². The Labute approximate surface area is 203 Å². The van der Waals surface area contributed by atoms with E-state index in [2.05, 4.69) is 17.2 Å². The summed E-state index contributed by atoms with van der Waals surface area (Å²) >= 11 is 1.47. The van der Waals surface area contributed by atoms with Crippen LogP contribution in [-0.4, -0.2) is 36.4 Å². The number of ether oxygens (including phenoxy) is 1. The maximum absolute atomic E-state index is 12.8. The van der Waals surface area contributed by atoms with Crippen molar-refractivity contribution >= 4 is 35.3 Å². The molecule has 0 bridgehead atoms. The number of carbonyl (C=O) groups excluding carboxylic acids is 3. The molecule has 0 saturated carbocycles. The normalized spacial score (nSPS) is 15.2. The predicted molar refractivity (Wildman–Crippen MR) is 135 cm³/mol. The lowest BCUT2D eigenvalue weighted by molar-refractivity contribution is -0.129. The van der Waals surface area contributed by atoms with E-state index in [9.17, 15) is 14.4 Å². The highest BCUT2D eigenvalue weighted by molar-refractivity contribution is 7.11. The summed E-state index contributed by atoms with van der Waals surface area (Å²) in [5, 5.41) is 7.26. The zero-order valence-electron chi connectivity index (χ0n) is 19.4. The Balaban J connectivity index is 1.67. The van der Waals surface area contributed by atoms with Gasteiger partial charge in [-0.3, -0.25) is 9.59 Å². The van der Waals surface area contributed by atoms with E-state index in [1.807, 2.05) is 49.6 Å². The zero-order chi connectivity index (χ0) is 24.7. The minimum absolute atomic E-state index is 0.135. The van der Waals surface area contributed by atoms with Crippen molar-refractivity contribution in [1.29, 1.82) is 0 Å². The molecule has 1 aromatic heterocycles. The monoisotopic (exact) mass is 477 g/mol. The van der Waals surface area contributed by atoms with E-state index in [-0.39, 0.29) is 5.70 Å². The second-order valence-corrected chi connectivity index (χ2v) is 8.55. The van der Waals surface area contributed by atoms with Crippen molar-refractivity contribution in [1.82, 2.24) is 15.5 Å². The van der Waals surface area contributed by atoms with Gasteiger partial charge in [-0.05, 0) is 54.1 Å². The van der Waals surface area contributed by atoms with E-state index in [0.29, 0.717) is 17.9 Å². The molecular formula is C26H27N3O4S. The molecule has 0 aliphatic carbocycles. The highest BCUT2D eigenvalue weighted by Gasteiger charge is 2.35. The number of rotatable bonds is 9. The van der Waals surface area contributed by atoms with Gasteiger partial charge in [0.1, 0.15) is 18.0 Å². The maximum atomic E-state index is 12.8. The SMILES string of the molecule is C=C(C=CC(=CCC)NC(=O)CN1C(=O)NC(=Cc2cc(-c3ccc(C)cc3)cs2)C1=O)OC. The van der Waals surface area contributed by atoms with Crippen LogP contribution in [0.25, 0.3) is 17.2 Å². The van der Waals surface area contributed by atoms with Gasteiger partial charge >= 0.3 is 6.03 Å². The van der Waals surface area contributed by atoms with Crippen LogP contribution in [0.3, 0.4) is 0 Å². The third kappa shape index (κ3) is 6.32. The van der Waals surface area contributed by atoms with Crippen molar-refractivity contribution in [2.24, 2.45) is 0 Å². The fourth-order valence-corrected chi connectivity index (χ4v) is 4.01. The molecule has 176 valence electrons. The van der Waals surface area contributed by atoms with Gasteiger partial charge in [0, 0.05) is 10.6 Å². The molecule has 3 rings (SSSR count). The van der Waals surface area contributed by atoms with E-state index >= 15 is 0 Å². The van der Waals surface area contributed by atoms with Gasteiger partial charge in [0.05, 0.1) is 7.11 Å². The fraction of sp³-hybridized carbons (Fsp3) is 0.192. The highest BCUT2D eigenvalue weighted by Crippen LogP contribution is 2.28. The number of methoxy groups -OCH3 is 1. The van der Waals surface area contributed by atoms with Crippen molar-refractivity contribution in [2.45, 2.75) is 20.3 Å². The molecule has 1 saturated heterocycles. The summed E-state index contributed by atoms with van der Waals surface area (Å²) in [7, 11) is 1.50. The minimum atomic E-state index is -0.633. The number of carbonyl (C=O) groups is 3. The van der Waals surface area contributed by atoms with Crippen LogP contribution in [0, 0.1) is 6.92 Å². The minimum Gasteiger partial charge on any atom is -0.497 e. The van der Waals surface area contributed by atoms with Crippen LogP contribution in [0.4, 0.5) is 4.79 Å². The Morgan fingerprint density at radius 2 is 1.94 bits per heavy atom. The van der Waals surface area contributed by atoms with Crippen molar-refractivity contribution < 1.29 is 19.1 Å². The molecule has 2 heterocycles. The summed E-state index contributed by atoms with van der Waals surface area (Å²) in [6, 6.07) is 9.49. The molecule has 2 aromatic rings. The molecule has 0 radical (unpaired) electrons. The lowest BCUT2D eigenvalue weighted by Gasteiger charge is -2.12. The summed E-state index contributed by atoms with van der Waals surface area (Å²) in [5.74, 6) is -0.607. The van der Waals surface area contributed by atoms with Crippen molar-refractivity contribution in [3.63, 3.8) is 0 Å². The summed E-state index contributed by atoms with van der Waals surface area (Å²) in [5.41, 5.74) is 3.94. The van der Waals surface area contributed by atoms with Crippen LogP contribution in [0.1, 0.15) is 23.8 Å². The number of amides is 4. The Kier molecular flexibility index (Phi) is 8.21. The summed E-state index contributed by atoms with van der Waals surface area (Å²) in [6.45, 7) is 7.25. The molecule has 1 aromatic carbocycles. The number of aryl methyl sites for hydroxylation is 1. The lowest BCUT2D eigenvalue weighted by Crippen LogP contribution is -2.40. The predicted octanol–water partition coefficient (Wildman–Crippen LogP) is 4.74. The molecule has 1 fully saturated rings. The van der Waals surface area contributed by atoms with Gasteiger partial charge in [-0.15, -0.1) is 11.3 Å². The third-order valence-electron chi connectivity index (χ3n) is 4.97. The van der Waals surface area contributed by atoms with Crippen LogP contribution in [0.15, 0.2) is 77.7 Å². The van der Waals surface area contributed by atoms with E-state index in [4.69, 9.17) is 4.74 Å². The molecule has 8 heteroatoms. The van der Waals surface area contributed by atoms with Gasteiger partial charge in [0.15, 0.2) is 0 Å². The second kappa shape index (κ2) is 11.3. The molecule has 2 N–H and O–H groups in total. The number of hydrogen-bond donors (Lipinski definition) is 2. The van der Waals surface area contributed by atoms with Crippen LogP contribution < -0.4 is 10.6 Å². The van der Waals surface area contributed by atoms with Crippen molar-refractivity contribution in [3.8, 4) is 11.1 Å². The molecule has 7 nitrogen and oxygen atoms in total. The highest BCUT2D eigenvalue weighted by atomic mass is 32.1. The van der Waals surface area contributed by atoms with Gasteiger partial charge in [0.2, 0.25) is 5.91 Å². The van der Waals surface area contributed by atoms with Crippen LogP contribution in [0.5, 0.6) is 0 Å². The summed E-state index contributed by atoms with van der Waals surface area (Å²) < 4.78 is 4.98. The van der Waals surface area contributed by atoms with E-state index in [1.54, 1.807) is 24.3 Å². The fourth-order valence-electron chi connectivity index (χ4n) is 3.16. The maximum Gasteiger partial charge on any atom is 0.329 e. The molecule has 1 aliphatic heterocycles. The molecule has 0 spiro atoms. The lowest BCUT2D eigenvalue weighted by atomic mass is 10.1. The molecule has 4 amide bonds. The first-order valence-electron chi connectivity index (χ1n) is 10.7. The van der Waals surface area contributed by atoms with E-state index in [1.165, 1.54) is 24.0 Å². The zero-order valence-corrected chi connectivity index (χ0v) is 20.2. The van der Waals surface area contributed by atoms with Gasteiger partial charge in [-0.2, -0.15) is 0 Å². The Morgan fingerprint density at radius 3 is 2.62 bits per heavy atom. The first kappa shape index (κ1) is 24.7. The average molecular weight is 478 g/mol. The number of hydrogen-bond acceptors (Lipinski definition) is 5. The number of thiophene rings is 1. The number of benzene rings is 1. The number of nitrogens with one attached hydrogen (secondary N) is 2. The smallest absolute Gasteiger partial charge is 0.329 e. The average Bonchev–Trinajstić information content (AvgIpc) is 3.38. The first-order chi connectivity index (χ1) is 16.3. The third-order valence-corrected chi connectivity index (χ3v) is 5.85. The summed E-state index contributed by atoms with van der Waals surface area (Å²) in [4.78, 5) is 39.4. The number of imide groups is 1. The number of urea groups is 1. The van der Waals surface area contributed by atoms with Gasteiger partial charge in [-0.25, -0.2) is 9.69 Å². The Hall–Kier alpha value is -3.91. The van der Waals surface area contributed by atoms with Gasteiger partial charge < -0.3 is 15.4 Å². The molecule has 1 aliphatic rings. The first-order valence-corrected chi connectivity index (χ1v) is 11.6. The standard InChI is InChI=1S/C26H27N3O4S/c1-5-6-21(12-9-18(3)33-4)27-24(30)15-29-25(31)23(28-26(29)32)14-22-13-20(16-34-22)19-10-7-17(2)8-11-19/h6-14,16H,3,5,15H2,1-2,4H3,(H,27,30)(H,28,32). The van der Waals surface area contributed by atoms with E-state index in [0.717, 1.165) is 20.9 Å². The quantitative estimate of drug-likeness (QED) is 0.236. The largest absolute Gasteiger partial charge is 0.497 e. The van der Waals surface area contributed by atoms with Gasteiger partial charge in [-0.1, -0.05) is 49.4 Å². The molecule has 0 unspecified atom stereocenters. The van der Waals surface area contributed by atoms with Gasteiger partial charge in [0.25, 0.3) is 5.91 Å². The second-order valence-electron chi connectivity index (χ2n) is 7.60. The molecule has 0 atom stereocenters. The number of allylic oxidation sites excluding steroid dienone is 3. The number of nitrogens with zero attached hydrogens (tertiary/aromatic N) is 1. The van der Waals surface area contributed by atoms with Crippen LogP contribution in [0.2, 0.25) is 0 Å². The van der Waals surface area contributed by atoms with Crippen LogP contribution >= 0.6 is 11.3 Å². The van der Waals surface area contributed by atoms with Crippen molar-refractivity contribution in [2.75, 3.05) is 13.7 Å². The molecular weight excluding hydrogens is 450 g/mol.